The summed E-state index contributed by atoms with van der Waals surface area (Å²) in [4.78, 5) is 6.83. The number of aliphatic imine (C=N–C) groups is 1. The van der Waals surface area contributed by atoms with Crippen LogP contribution in [0.2, 0.25) is 0 Å². The second-order valence-electron chi connectivity index (χ2n) is 7.06. The molecule has 7 heteroatoms. The van der Waals surface area contributed by atoms with Crippen LogP contribution < -0.4 is 10.6 Å². The Bertz CT molecular complexity index is 673. The molecule has 1 fully saturated rings. The summed E-state index contributed by atoms with van der Waals surface area (Å²) in [6, 6.07) is 8.92. The van der Waals surface area contributed by atoms with Gasteiger partial charge >= 0.3 is 0 Å². The number of nitrogens with zero attached hydrogens (tertiary/aromatic N) is 5. The van der Waals surface area contributed by atoms with Crippen LogP contribution in [-0.4, -0.2) is 52.3 Å². The average molecular weight is 370 g/mol. The molecule has 0 spiro atoms. The van der Waals surface area contributed by atoms with Crippen LogP contribution in [0.3, 0.4) is 0 Å². The normalized spacial score (nSPS) is 15.2. The monoisotopic (exact) mass is 369 g/mol. The molecular formula is C20H31N7. The summed E-state index contributed by atoms with van der Waals surface area (Å²) in [6.07, 6.45) is 8.35. The van der Waals surface area contributed by atoms with Gasteiger partial charge in [0.15, 0.2) is 5.96 Å². The maximum atomic E-state index is 4.30. The molecule has 0 unspecified atom stereocenters. The van der Waals surface area contributed by atoms with Crippen LogP contribution in [0.25, 0.3) is 0 Å². The number of hydrogen-bond donors (Lipinski definition) is 2. The Morgan fingerprint density at radius 1 is 1.00 bits per heavy atom. The van der Waals surface area contributed by atoms with Crippen LogP contribution in [0, 0.1) is 0 Å². The van der Waals surface area contributed by atoms with Crippen LogP contribution in [0.15, 0.2) is 41.9 Å². The number of nitrogens with one attached hydrogen (secondary N) is 2. The number of rotatable bonds is 9. The Morgan fingerprint density at radius 3 is 2.41 bits per heavy atom. The Hall–Kier alpha value is -2.41. The fraction of sp³-hybridized carbons (Fsp3) is 0.550. The Labute approximate surface area is 161 Å². The van der Waals surface area contributed by atoms with E-state index in [4.69, 9.17) is 0 Å². The van der Waals surface area contributed by atoms with E-state index in [-0.39, 0.29) is 0 Å². The highest BCUT2D eigenvalue weighted by Crippen LogP contribution is 2.13. The highest BCUT2D eigenvalue weighted by Gasteiger charge is 2.11. The summed E-state index contributed by atoms with van der Waals surface area (Å²) in [5, 5.41) is 14.4. The van der Waals surface area contributed by atoms with Gasteiger partial charge in [-0.3, -0.25) is 9.89 Å². The van der Waals surface area contributed by atoms with Gasteiger partial charge in [0.2, 0.25) is 0 Å². The first-order valence-electron chi connectivity index (χ1n) is 9.90. The number of unbranched alkanes of at least 4 members (excludes halogenated alkanes) is 1. The lowest BCUT2D eigenvalue weighted by molar-refractivity contribution is 0.331. The number of hydrogen-bond acceptors (Lipinski definition) is 4. The fourth-order valence-corrected chi connectivity index (χ4v) is 3.33. The van der Waals surface area contributed by atoms with Crippen molar-refractivity contribution in [2.75, 3.05) is 26.7 Å². The van der Waals surface area contributed by atoms with Gasteiger partial charge in [-0.05, 0) is 49.9 Å². The maximum absolute atomic E-state index is 4.30. The van der Waals surface area contributed by atoms with Gasteiger partial charge in [-0.15, -0.1) is 10.2 Å². The topological polar surface area (TPSA) is 70.4 Å². The van der Waals surface area contributed by atoms with E-state index < -0.39 is 0 Å². The third kappa shape index (κ3) is 6.67. The number of aryl methyl sites for hydroxylation is 1. The molecule has 1 aliphatic rings. The molecular weight excluding hydrogens is 338 g/mol. The van der Waals surface area contributed by atoms with Crippen molar-refractivity contribution in [3.05, 3.63) is 48.0 Å². The van der Waals surface area contributed by atoms with Crippen molar-refractivity contribution in [1.82, 2.24) is 30.3 Å². The SMILES string of the molecule is CN=C(NCCCCn1cnnc1)NCc1ccc(CN2CCCC2)cc1. The minimum atomic E-state index is 0.782. The van der Waals surface area contributed by atoms with Crippen molar-refractivity contribution in [1.29, 1.82) is 0 Å². The minimum absolute atomic E-state index is 0.782. The maximum Gasteiger partial charge on any atom is 0.191 e. The highest BCUT2D eigenvalue weighted by atomic mass is 15.2. The summed E-state index contributed by atoms with van der Waals surface area (Å²) in [5.74, 6) is 0.848. The average Bonchev–Trinajstić information content (AvgIpc) is 3.39. The van der Waals surface area contributed by atoms with Crippen LogP contribution >= 0.6 is 0 Å². The van der Waals surface area contributed by atoms with Crippen molar-refractivity contribution < 1.29 is 0 Å². The third-order valence-electron chi connectivity index (χ3n) is 4.91. The Morgan fingerprint density at radius 2 is 1.70 bits per heavy atom. The third-order valence-corrected chi connectivity index (χ3v) is 4.91. The molecule has 0 atom stereocenters. The molecule has 3 rings (SSSR count). The summed E-state index contributed by atoms with van der Waals surface area (Å²) in [5.41, 5.74) is 2.67. The summed E-state index contributed by atoms with van der Waals surface area (Å²) in [6.45, 7) is 6.19. The number of benzene rings is 1. The molecule has 27 heavy (non-hydrogen) atoms. The molecule has 7 nitrogen and oxygen atoms in total. The van der Waals surface area contributed by atoms with E-state index in [1.165, 1.54) is 37.1 Å². The first-order chi connectivity index (χ1) is 13.3. The van der Waals surface area contributed by atoms with Crippen molar-refractivity contribution in [2.45, 2.75) is 45.3 Å². The van der Waals surface area contributed by atoms with E-state index in [1.54, 1.807) is 12.7 Å². The van der Waals surface area contributed by atoms with Gasteiger partial charge in [-0.2, -0.15) is 0 Å². The second-order valence-corrected chi connectivity index (χ2v) is 7.06. The first-order valence-corrected chi connectivity index (χ1v) is 9.90. The van der Waals surface area contributed by atoms with Crippen LogP contribution in [0.5, 0.6) is 0 Å². The van der Waals surface area contributed by atoms with Gasteiger partial charge in [-0.25, -0.2) is 0 Å². The lowest BCUT2D eigenvalue weighted by Gasteiger charge is -2.15. The lowest BCUT2D eigenvalue weighted by Crippen LogP contribution is -2.37. The summed E-state index contributed by atoms with van der Waals surface area (Å²) < 4.78 is 2.00. The standard InChI is InChI=1S/C20H31N7/c1-21-20(22-10-2-3-13-27-16-24-25-17-27)23-14-18-6-8-19(9-7-18)15-26-11-4-5-12-26/h6-9,16-17H,2-5,10-15H2,1H3,(H2,21,22,23). The molecule has 0 saturated carbocycles. The van der Waals surface area contributed by atoms with Crippen molar-refractivity contribution >= 4 is 5.96 Å². The zero-order valence-corrected chi connectivity index (χ0v) is 16.3. The molecule has 0 aliphatic carbocycles. The predicted octanol–water partition coefficient (Wildman–Crippen LogP) is 2.02. The quantitative estimate of drug-likeness (QED) is 0.402. The van der Waals surface area contributed by atoms with Crippen LogP contribution in [-0.2, 0) is 19.6 Å². The Kier molecular flexibility index (Phi) is 7.65. The zero-order chi connectivity index (χ0) is 18.7. The van der Waals surface area contributed by atoms with E-state index in [1.807, 2.05) is 11.6 Å². The molecule has 1 aromatic carbocycles. The smallest absolute Gasteiger partial charge is 0.191 e. The molecule has 2 aromatic rings. The first kappa shape index (κ1) is 19.4. The lowest BCUT2D eigenvalue weighted by atomic mass is 10.1. The zero-order valence-electron chi connectivity index (χ0n) is 16.3. The van der Waals surface area contributed by atoms with Gasteiger partial charge in [0.1, 0.15) is 12.7 Å². The minimum Gasteiger partial charge on any atom is -0.356 e. The molecule has 1 saturated heterocycles. The van der Waals surface area contributed by atoms with Crippen molar-refractivity contribution in [2.24, 2.45) is 4.99 Å². The number of aromatic nitrogens is 3. The van der Waals surface area contributed by atoms with E-state index in [2.05, 4.69) is 55.0 Å². The fourth-order valence-electron chi connectivity index (χ4n) is 3.33. The van der Waals surface area contributed by atoms with Gasteiger partial charge in [0, 0.05) is 33.2 Å². The molecule has 1 aliphatic heterocycles. The van der Waals surface area contributed by atoms with Crippen LogP contribution in [0.1, 0.15) is 36.8 Å². The molecule has 0 radical (unpaired) electrons. The second kappa shape index (κ2) is 10.7. The number of likely N-dealkylation sites (tertiary alicyclic amines) is 1. The van der Waals surface area contributed by atoms with Gasteiger partial charge in [0.25, 0.3) is 0 Å². The van der Waals surface area contributed by atoms with E-state index in [0.717, 1.165) is 45.0 Å². The van der Waals surface area contributed by atoms with E-state index >= 15 is 0 Å². The highest BCUT2D eigenvalue weighted by molar-refractivity contribution is 5.79. The predicted molar refractivity (Wildman–Crippen MR) is 108 cm³/mol. The molecule has 0 bridgehead atoms. The van der Waals surface area contributed by atoms with Gasteiger partial charge in [-0.1, -0.05) is 24.3 Å². The van der Waals surface area contributed by atoms with Gasteiger partial charge in [0.05, 0.1) is 0 Å². The summed E-state index contributed by atoms with van der Waals surface area (Å²) in [7, 11) is 1.81. The summed E-state index contributed by atoms with van der Waals surface area (Å²) >= 11 is 0. The largest absolute Gasteiger partial charge is 0.356 e. The Balaban J connectivity index is 1.32. The van der Waals surface area contributed by atoms with Crippen molar-refractivity contribution in [3.63, 3.8) is 0 Å². The molecule has 1 aromatic heterocycles. The van der Waals surface area contributed by atoms with E-state index in [0.29, 0.717) is 0 Å². The molecule has 2 heterocycles. The molecule has 146 valence electrons. The van der Waals surface area contributed by atoms with Crippen LogP contribution in [0.4, 0.5) is 0 Å². The number of guanidine groups is 1. The van der Waals surface area contributed by atoms with Gasteiger partial charge < -0.3 is 15.2 Å². The molecule has 2 N–H and O–H groups in total. The molecule has 0 amide bonds. The van der Waals surface area contributed by atoms with E-state index in [9.17, 15) is 0 Å². The van der Waals surface area contributed by atoms with Crippen molar-refractivity contribution in [3.8, 4) is 0 Å².